The molecule has 0 saturated heterocycles. The number of methoxy groups -OCH3 is 1. The lowest BCUT2D eigenvalue weighted by atomic mass is 9.98. The van der Waals surface area contributed by atoms with E-state index in [1.807, 2.05) is 38.1 Å². The fourth-order valence-corrected chi connectivity index (χ4v) is 3.98. The molecule has 0 bridgehead atoms. The summed E-state index contributed by atoms with van der Waals surface area (Å²) in [6.45, 7) is 3.98. The van der Waals surface area contributed by atoms with Gasteiger partial charge in [-0.15, -0.1) is 0 Å². The number of fused-ring (bicyclic) bond motifs is 2. The highest BCUT2D eigenvalue weighted by Gasteiger charge is 2.43. The van der Waals surface area contributed by atoms with Gasteiger partial charge in [0.1, 0.15) is 17.8 Å². The third-order valence-electron chi connectivity index (χ3n) is 5.72. The summed E-state index contributed by atoms with van der Waals surface area (Å²) < 4.78 is 11.9. The van der Waals surface area contributed by atoms with Gasteiger partial charge in [-0.2, -0.15) is 0 Å². The number of carbonyl (C=O) groups is 2. The van der Waals surface area contributed by atoms with Crippen molar-refractivity contribution in [3.63, 3.8) is 0 Å². The van der Waals surface area contributed by atoms with Crippen LogP contribution < -0.4 is 14.4 Å². The Morgan fingerprint density at radius 3 is 2.32 bits per heavy atom. The van der Waals surface area contributed by atoms with Gasteiger partial charge in [-0.05, 0) is 31.0 Å². The number of anilines is 1. The van der Waals surface area contributed by atoms with Crippen molar-refractivity contribution < 1.29 is 24.2 Å². The van der Waals surface area contributed by atoms with Crippen molar-refractivity contribution >= 4 is 28.7 Å². The number of nitrogens with zero attached hydrogens (tertiary/aromatic N) is 1. The van der Waals surface area contributed by atoms with E-state index < -0.39 is 6.23 Å². The van der Waals surface area contributed by atoms with Crippen molar-refractivity contribution in [1.82, 2.24) is 0 Å². The fraction of sp³-hybridized carbons (Fsp3) is 0.280. The molecular formula is C25H25NO5. The number of aliphatic hydroxyl groups excluding tert-OH is 1. The minimum atomic E-state index is -1.23. The molecule has 3 aromatic rings. The quantitative estimate of drug-likeness (QED) is 0.574. The molecule has 0 aliphatic carbocycles. The third-order valence-corrected chi connectivity index (χ3v) is 5.72. The number of hydrogen-bond donors (Lipinski definition) is 1. The first-order chi connectivity index (χ1) is 15.0. The molecule has 3 aromatic carbocycles. The highest BCUT2D eigenvalue weighted by Crippen LogP contribution is 2.50. The average molecular weight is 419 g/mol. The van der Waals surface area contributed by atoms with Gasteiger partial charge in [0.25, 0.3) is 5.91 Å². The van der Waals surface area contributed by atoms with Gasteiger partial charge in [0.05, 0.1) is 24.3 Å². The lowest BCUT2D eigenvalue weighted by Gasteiger charge is -2.23. The van der Waals surface area contributed by atoms with Gasteiger partial charge >= 0.3 is 0 Å². The number of benzene rings is 3. The van der Waals surface area contributed by atoms with Crippen LogP contribution in [0.3, 0.4) is 0 Å². The zero-order valence-electron chi connectivity index (χ0n) is 17.8. The monoisotopic (exact) mass is 419 g/mol. The molecule has 6 nitrogen and oxygen atoms in total. The number of aldehydes is 1. The van der Waals surface area contributed by atoms with E-state index in [9.17, 15) is 14.7 Å². The molecule has 4 rings (SSSR count). The van der Waals surface area contributed by atoms with Crippen molar-refractivity contribution in [2.45, 2.75) is 39.0 Å². The van der Waals surface area contributed by atoms with Crippen molar-refractivity contribution in [1.29, 1.82) is 0 Å². The molecule has 1 amide bonds. The van der Waals surface area contributed by atoms with Crippen LogP contribution in [0.2, 0.25) is 0 Å². The molecule has 160 valence electrons. The predicted molar refractivity (Wildman–Crippen MR) is 119 cm³/mol. The topological polar surface area (TPSA) is 76.1 Å². The molecule has 1 N–H and O–H groups in total. The average Bonchev–Trinajstić information content (AvgIpc) is 3.05. The number of rotatable bonds is 7. The third kappa shape index (κ3) is 3.43. The Balaban J connectivity index is 1.92. The summed E-state index contributed by atoms with van der Waals surface area (Å²) in [4.78, 5) is 25.6. The largest absolute Gasteiger partial charge is 0.495 e. The van der Waals surface area contributed by atoms with Crippen LogP contribution in [0.15, 0.2) is 48.5 Å². The first-order valence-electron chi connectivity index (χ1n) is 10.3. The summed E-state index contributed by atoms with van der Waals surface area (Å²) in [5, 5.41) is 12.8. The molecule has 0 fully saturated rings. The van der Waals surface area contributed by atoms with Gasteiger partial charge in [-0.25, -0.2) is 0 Å². The smallest absolute Gasteiger partial charge is 0.265 e. The molecule has 0 radical (unpaired) electrons. The molecule has 0 saturated carbocycles. The number of amides is 1. The summed E-state index contributed by atoms with van der Waals surface area (Å²) in [6.07, 6.45) is 0.580. The molecule has 1 aliphatic rings. The number of hydrogen-bond acceptors (Lipinski definition) is 5. The first kappa shape index (κ1) is 20.9. The van der Waals surface area contributed by atoms with Crippen LogP contribution in [0.4, 0.5) is 5.69 Å². The molecule has 2 atom stereocenters. The van der Waals surface area contributed by atoms with E-state index in [4.69, 9.17) is 9.47 Å². The SMILES string of the molecule is CCC(C)Oc1c2c(c(OC)c3ccccc13)C(=O)N(c1ccc(CC=O)cc1)C2O. The molecule has 1 aliphatic heterocycles. The summed E-state index contributed by atoms with van der Waals surface area (Å²) >= 11 is 0. The van der Waals surface area contributed by atoms with Crippen LogP contribution in [-0.4, -0.2) is 30.5 Å². The summed E-state index contributed by atoms with van der Waals surface area (Å²) in [5.41, 5.74) is 2.09. The second-order valence-electron chi connectivity index (χ2n) is 7.62. The highest BCUT2D eigenvalue weighted by atomic mass is 16.5. The molecule has 0 spiro atoms. The van der Waals surface area contributed by atoms with Crippen molar-refractivity contribution in [2.75, 3.05) is 12.0 Å². The Kier molecular flexibility index (Phi) is 5.65. The predicted octanol–water partition coefficient (Wildman–Crippen LogP) is 4.42. The van der Waals surface area contributed by atoms with Gasteiger partial charge in [0.15, 0.2) is 6.23 Å². The summed E-state index contributed by atoms with van der Waals surface area (Å²) in [5.74, 6) is 0.565. The van der Waals surface area contributed by atoms with Crippen molar-refractivity contribution in [2.24, 2.45) is 0 Å². The van der Waals surface area contributed by atoms with E-state index in [2.05, 4.69) is 0 Å². The van der Waals surface area contributed by atoms with Crippen LogP contribution >= 0.6 is 0 Å². The molecule has 0 aromatic heterocycles. The zero-order chi connectivity index (χ0) is 22.1. The first-order valence-corrected chi connectivity index (χ1v) is 10.3. The maximum absolute atomic E-state index is 13.5. The van der Waals surface area contributed by atoms with Gasteiger partial charge < -0.3 is 19.4 Å². The lowest BCUT2D eigenvalue weighted by molar-refractivity contribution is -0.107. The van der Waals surface area contributed by atoms with E-state index in [-0.39, 0.29) is 12.0 Å². The molecule has 6 heteroatoms. The standard InChI is InChI=1S/C25H25NO5/c1-4-15(2)31-23-19-8-6-5-7-18(19)22(30-3)20-21(23)25(29)26(24(20)28)17-11-9-16(10-12-17)13-14-27/h5-12,14-15,25,29H,4,13H2,1-3H3. The highest BCUT2D eigenvalue weighted by molar-refractivity contribution is 6.17. The minimum Gasteiger partial charge on any atom is -0.495 e. The number of aliphatic hydroxyl groups is 1. The Morgan fingerprint density at radius 1 is 1.10 bits per heavy atom. The Hall–Kier alpha value is -3.38. The fourth-order valence-electron chi connectivity index (χ4n) is 3.98. The van der Waals surface area contributed by atoms with E-state index in [0.29, 0.717) is 34.7 Å². The molecule has 31 heavy (non-hydrogen) atoms. The lowest BCUT2D eigenvalue weighted by Crippen LogP contribution is -2.27. The number of ether oxygens (including phenoxy) is 2. The minimum absolute atomic E-state index is 0.0973. The summed E-state index contributed by atoms with van der Waals surface area (Å²) in [7, 11) is 1.52. The van der Waals surface area contributed by atoms with Crippen molar-refractivity contribution in [3.8, 4) is 11.5 Å². The van der Waals surface area contributed by atoms with Gasteiger partial charge in [0.2, 0.25) is 0 Å². The maximum atomic E-state index is 13.5. The molecular weight excluding hydrogens is 394 g/mol. The normalized spacial score (nSPS) is 16.3. The van der Waals surface area contributed by atoms with Gasteiger partial charge in [0, 0.05) is 22.9 Å². The van der Waals surface area contributed by atoms with E-state index >= 15 is 0 Å². The van der Waals surface area contributed by atoms with Crippen LogP contribution in [0, 0.1) is 0 Å². The maximum Gasteiger partial charge on any atom is 0.265 e. The Morgan fingerprint density at radius 2 is 1.74 bits per heavy atom. The Labute approximate surface area is 181 Å². The van der Waals surface area contributed by atoms with Crippen LogP contribution in [0.25, 0.3) is 10.8 Å². The van der Waals surface area contributed by atoms with E-state index in [1.165, 1.54) is 12.0 Å². The van der Waals surface area contributed by atoms with Gasteiger partial charge in [-0.1, -0.05) is 43.3 Å². The zero-order valence-corrected chi connectivity index (χ0v) is 17.8. The molecule has 1 heterocycles. The van der Waals surface area contributed by atoms with Gasteiger partial charge in [-0.3, -0.25) is 9.69 Å². The van der Waals surface area contributed by atoms with E-state index in [1.54, 1.807) is 24.3 Å². The molecule has 2 unspecified atom stereocenters. The van der Waals surface area contributed by atoms with E-state index in [0.717, 1.165) is 29.0 Å². The number of carbonyl (C=O) groups excluding carboxylic acids is 2. The second kappa shape index (κ2) is 8.40. The Bertz CT molecular complexity index is 1140. The van der Waals surface area contributed by atoms with Crippen LogP contribution in [-0.2, 0) is 11.2 Å². The summed E-state index contributed by atoms with van der Waals surface area (Å²) in [6, 6.07) is 14.6. The second-order valence-corrected chi connectivity index (χ2v) is 7.62. The van der Waals surface area contributed by atoms with Crippen LogP contribution in [0.5, 0.6) is 11.5 Å². The van der Waals surface area contributed by atoms with Crippen LogP contribution in [0.1, 0.15) is 48.0 Å². The van der Waals surface area contributed by atoms with Crippen molar-refractivity contribution in [3.05, 3.63) is 65.2 Å².